The standard InChI is InChI=1S/C11H24O3S/c1-5-13-11(14-6-2)7-8-15-10(4)9(3)12/h9-12H,5-8H2,1-4H3. The van der Waals surface area contributed by atoms with Crippen molar-refractivity contribution in [1.82, 2.24) is 0 Å². The molecule has 4 heteroatoms. The van der Waals surface area contributed by atoms with E-state index in [0.717, 1.165) is 12.2 Å². The molecule has 0 aromatic heterocycles. The van der Waals surface area contributed by atoms with Crippen LogP contribution < -0.4 is 0 Å². The Morgan fingerprint density at radius 1 is 1.13 bits per heavy atom. The molecular weight excluding hydrogens is 212 g/mol. The predicted molar refractivity (Wildman–Crippen MR) is 65.3 cm³/mol. The van der Waals surface area contributed by atoms with Crippen molar-refractivity contribution in [3.63, 3.8) is 0 Å². The van der Waals surface area contributed by atoms with Crippen molar-refractivity contribution in [1.29, 1.82) is 0 Å². The second-order valence-corrected chi connectivity index (χ2v) is 4.93. The smallest absolute Gasteiger partial charge is 0.158 e. The first kappa shape index (κ1) is 15.2. The molecule has 1 N–H and O–H groups in total. The maximum absolute atomic E-state index is 9.31. The van der Waals surface area contributed by atoms with Gasteiger partial charge in [0, 0.05) is 24.9 Å². The number of aliphatic hydroxyl groups excluding tert-OH is 1. The molecule has 92 valence electrons. The van der Waals surface area contributed by atoms with E-state index in [-0.39, 0.29) is 17.6 Å². The van der Waals surface area contributed by atoms with Crippen molar-refractivity contribution < 1.29 is 14.6 Å². The molecule has 0 aromatic carbocycles. The van der Waals surface area contributed by atoms with E-state index in [1.807, 2.05) is 27.7 Å². The highest BCUT2D eigenvalue weighted by Crippen LogP contribution is 2.17. The van der Waals surface area contributed by atoms with Crippen LogP contribution in [0.3, 0.4) is 0 Å². The topological polar surface area (TPSA) is 38.7 Å². The number of ether oxygens (including phenoxy) is 2. The summed E-state index contributed by atoms with van der Waals surface area (Å²) < 4.78 is 10.9. The second kappa shape index (κ2) is 9.46. The van der Waals surface area contributed by atoms with Crippen molar-refractivity contribution >= 4 is 11.8 Å². The molecule has 0 spiro atoms. The average Bonchev–Trinajstić information content (AvgIpc) is 2.18. The SMILES string of the molecule is CCOC(CCSC(C)C(C)O)OCC. The first-order valence-electron chi connectivity index (χ1n) is 5.64. The summed E-state index contributed by atoms with van der Waals surface area (Å²) in [5.74, 6) is 0.955. The van der Waals surface area contributed by atoms with Crippen LogP contribution >= 0.6 is 11.8 Å². The van der Waals surface area contributed by atoms with E-state index >= 15 is 0 Å². The zero-order valence-corrected chi connectivity index (χ0v) is 11.0. The van der Waals surface area contributed by atoms with Gasteiger partial charge in [-0.2, -0.15) is 11.8 Å². The van der Waals surface area contributed by atoms with Gasteiger partial charge in [0.05, 0.1) is 6.10 Å². The molecule has 2 atom stereocenters. The van der Waals surface area contributed by atoms with Crippen LogP contribution in [0.25, 0.3) is 0 Å². The Balaban J connectivity index is 3.60. The van der Waals surface area contributed by atoms with Crippen LogP contribution in [0, 0.1) is 0 Å². The Morgan fingerprint density at radius 3 is 2.07 bits per heavy atom. The number of hydrogen-bond acceptors (Lipinski definition) is 4. The van der Waals surface area contributed by atoms with Gasteiger partial charge >= 0.3 is 0 Å². The van der Waals surface area contributed by atoms with Gasteiger partial charge in [0.2, 0.25) is 0 Å². The minimum atomic E-state index is -0.257. The molecule has 0 rings (SSSR count). The highest BCUT2D eigenvalue weighted by molar-refractivity contribution is 7.99. The van der Waals surface area contributed by atoms with Gasteiger partial charge in [-0.05, 0) is 26.5 Å². The normalized spacial score (nSPS) is 15.6. The fraction of sp³-hybridized carbons (Fsp3) is 1.00. The Hall–Kier alpha value is 0.230. The minimum absolute atomic E-state index is 0.0892. The molecule has 0 saturated heterocycles. The summed E-state index contributed by atoms with van der Waals surface area (Å²) in [6.07, 6.45) is 0.532. The largest absolute Gasteiger partial charge is 0.392 e. The molecule has 0 amide bonds. The van der Waals surface area contributed by atoms with Crippen LogP contribution in [0.1, 0.15) is 34.1 Å². The van der Waals surface area contributed by atoms with E-state index in [0.29, 0.717) is 13.2 Å². The molecule has 3 nitrogen and oxygen atoms in total. The Morgan fingerprint density at radius 2 is 1.67 bits per heavy atom. The predicted octanol–water partition coefficient (Wildman–Crippen LogP) is 2.28. The third-order valence-electron chi connectivity index (χ3n) is 2.12. The fourth-order valence-corrected chi connectivity index (χ4v) is 2.05. The van der Waals surface area contributed by atoms with Gasteiger partial charge in [0.15, 0.2) is 6.29 Å². The molecular formula is C11H24O3S. The Kier molecular flexibility index (Phi) is 9.60. The first-order valence-corrected chi connectivity index (χ1v) is 6.69. The average molecular weight is 236 g/mol. The summed E-state index contributed by atoms with van der Waals surface area (Å²) in [4.78, 5) is 0. The zero-order valence-electron chi connectivity index (χ0n) is 10.2. The molecule has 0 heterocycles. The number of hydrogen-bond donors (Lipinski definition) is 1. The van der Waals surface area contributed by atoms with E-state index in [1.165, 1.54) is 0 Å². The number of aliphatic hydroxyl groups is 1. The maximum Gasteiger partial charge on any atom is 0.158 e. The van der Waals surface area contributed by atoms with E-state index in [4.69, 9.17) is 9.47 Å². The summed E-state index contributed by atoms with van der Waals surface area (Å²) >= 11 is 1.75. The lowest BCUT2D eigenvalue weighted by Gasteiger charge is -2.18. The van der Waals surface area contributed by atoms with Gasteiger partial charge < -0.3 is 14.6 Å². The molecule has 0 fully saturated rings. The zero-order chi connectivity index (χ0) is 11.7. The summed E-state index contributed by atoms with van der Waals surface area (Å²) in [5, 5.41) is 9.58. The second-order valence-electron chi connectivity index (χ2n) is 3.45. The van der Waals surface area contributed by atoms with Crippen LogP contribution in [-0.4, -0.2) is 41.7 Å². The summed E-state index contributed by atoms with van der Waals surface area (Å²) in [5.41, 5.74) is 0. The highest BCUT2D eigenvalue weighted by atomic mass is 32.2. The van der Waals surface area contributed by atoms with Crippen LogP contribution in [0.15, 0.2) is 0 Å². The molecule has 0 aliphatic heterocycles. The lowest BCUT2D eigenvalue weighted by Crippen LogP contribution is -2.20. The molecule has 0 aliphatic carbocycles. The van der Waals surface area contributed by atoms with Crippen LogP contribution in [-0.2, 0) is 9.47 Å². The minimum Gasteiger partial charge on any atom is -0.392 e. The third kappa shape index (κ3) is 8.08. The van der Waals surface area contributed by atoms with Crippen LogP contribution in [0.4, 0.5) is 0 Å². The first-order chi connectivity index (χ1) is 7.11. The van der Waals surface area contributed by atoms with Gasteiger partial charge in [-0.3, -0.25) is 0 Å². The van der Waals surface area contributed by atoms with Crippen molar-refractivity contribution in [3.05, 3.63) is 0 Å². The summed E-state index contributed by atoms with van der Waals surface area (Å²) in [7, 11) is 0. The molecule has 0 radical (unpaired) electrons. The molecule has 0 aromatic rings. The number of thioether (sulfide) groups is 1. The van der Waals surface area contributed by atoms with Crippen LogP contribution in [0.2, 0.25) is 0 Å². The van der Waals surface area contributed by atoms with Crippen molar-refractivity contribution in [2.75, 3.05) is 19.0 Å². The monoisotopic (exact) mass is 236 g/mol. The number of rotatable bonds is 9. The van der Waals surface area contributed by atoms with Gasteiger partial charge in [0.25, 0.3) is 0 Å². The third-order valence-corrected chi connectivity index (χ3v) is 3.51. The van der Waals surface area contributed by atoms with Gasteiger partial charge in [-0.25, -0.2) is 0 Å². The van der Waals surface area contributed by atoms with Crippen molar-refractivity contribution in [3.8, 4) is 0 Å². The molecule has 15 heavy (non-hydrogen) atoms. The van der Waals surface area contributed by atoms with E-state index in [9.17, 15) is 5.11 Å². The molecule has 2 unspecified atom stereocenters. The quantitative estimate of drug-likeness (QED) is 0.623. The van der Waals surface area contributed by atoms with Gasteiger partial charge in [0.1, 0.15) is 0 Å². The maximum atomic E-state index is 9.31. The van der Waals surface area contributed by atoms with Crippen molar-refractivity contribution in [2.24, 2.45) is 0 Å². The Bertz CT molecular complexity index is 136. The molecule has 0 aliphatic rings. The highest BCUT2D eigenvalue weighted by Gasteiger charge is 2.12. The van der Waals surface area contributed by atoms with Crippen LogP contribution in [0.5, 0.6) is 0 Å². The molecule has 0 saturated carbocycles. The van der Waals surface area contributed by atoms with E-state index < -0.39 is 0 Å². The van der Waals surface area contributed by atoms with E-state index in [2.05, 4.69) is 0 Å². The van der Waals surface area contributed by atoms with Gasteiger partial charge in [-0.1, -0.05) is 6.92 Å². The molecule has 0 bridgehead atoms. The summed E-state index contributed by atoms with van der Waals surface area (Å²) in [6.45, 7) is 9.16. The lowest BCUT2D eigenvalue weighted by atomic mass is 10.3. The van der Waals surface area contributed by atoms with Crippen molar-refractivity contribution in [2.45, 2.75) is 51.8 Å². The fourth-order valence-electron chi connectivity index (χ4n) is 1.08. The van der Waals surface area contributed by atoms with Gasteiger partial charge in [-0.15, -0.1) is 0 Å². The summed E-state index contributed by atoms with van der Waals surface area (Å²) in [6, 6.07) is 0. The lowest BCUT2D eigenvalue weighted by molar-refractivity contribution is -0.136. The van der Waals surface area contributed by atoms with E-state index in [1.54, 1.807) is 11.8 Å². The Labute approximate surface area is 97.5 Å².